The molecule has 1 aliphatic heterocycles. The highest BCUT2D eigenvalue weighted by molar-refractivity contribution is 7.93. The molecule has 1 N–H and O–H groups in total. The quantitative estimate of drug-likeness (QED) is 0.731. The summed E-state index contributed by atoms with van der Waals surface area (Å²) in [7, 11) is -3.66. The first-order chi connectivity index (χ1) is 12.1. The van der Waals surface area contributed by atoms with Gasteiger partial charge < -0.3 is 14.3 Å². The van der Waals surface area contributed by atoms with E-state index in [1.807, 2.05) is 18.2 Å². The number of ether oxygens (including phenoxy) is 1. The van der Waals surface area contributed by atoms with E-state index < -0.39 is 16.1 Å². The number of aliphatic hydroxyl groups is 1. The lowest BCUT2D eigenvalue weighted by atomic mass is 10.1. The van der Waals surface area contributed by atoms with Crippen LogP contribution in [0.4, 0.5) is 5.69 Å². The van der Waals surface area contributed by atoms with Crippen LogP contribution in [-0.2, 0) is 21.4 Å². The van der Waals surface area contributed by atoms with E-state index >= 15 is 0 Å². The topological polar surface area (TPSA) is 80.0 Å². The summed E-state index contributed by atoms with van der Waals surface area (Å²) in [6.45, 7) is 0.180. The van der Waals surface area contributed by atoms with Crippen LogP contribution in [-0.4, -0.2) is 32.8 Å². The van der Waals surface area contributed by atoms with Crippen LogP contribution in [0.2, 0.25) is 0 Å². The molecular formula is C18H17NO5S. The Balaban J connectivity index is 1.52. The zero-order valence-electron chi connectivity index (χ0n) is 13.3. The molecule has 0 radical (unpaired) electrons. The minimum atomic E-state index is -3.66. The fourth-order valence-electron chi connectivity index (χ4n) is 3.09. The molecule has 0 spiro atoms. The van der Waals surface area contributed by atoms with E-state index in [2.05, 4.69) is 0 Å². The maximum absolute atomic E-state index is 12.8. The van der Waals surface area contributed by atoms with Crippen molar-refractivity contribution in [1.82, 2.24) is 0 Å². The molecule has 0 amide bonds. The number of rotatable bonds is 6. The first kappa shape index (κ1) is 16.1. The van der Waals surface area contributed by atoms with Crippen molar-refractivity contribution in [2.75, 3.05) is 17.5 Å². The van der Waals surface area contributed by atoms with E-state index in [1.54, 1.807) is 36.6 Å². The van der Waals surface area contributed by atoms with Crippen LogP contribution in [0, 0.1) is 0 Å². The largest absolute Gasteiger partial charge is 0.467 e. The number of aliphatic hydroxyl groups excluding tert-OH is 1. The second kappa shape index (κ2) is 6.18. The molecule has 6 nitrogen and oxygen atoms in total. The van der Waals surface area contributed by atoms with Crippen LogP contribution < -0.4 is 4.31 Å². The minimum Gasteiger partial charge on any atom is -0.467 e. The maximum atomic E-state index is 12.8. The Labute approximate surface area is 145 Å². The number of nitrogens with zero attached hydrogens (tertiary/aromatic N) is 1. The van der Waals surface area contributed by atoms with Crippen molar-refractivity contribution in [3.05, 3.63) is 60.6 Å². The second-order valence-corrected chi connectivity index (χ2v) is 7.75. The molecule has 1 aromatic heterocycles. The Hall–Kier alpha value is -2.35. The van der Waals surface area contributed by atoms with E-state index in [9.17, 15) is 13.5 Å². The fourth-order valence-corrected chi connectivity index (χ4v) is 4.84. The Bertz CT molecular complexity index is 992. The SMILES string of the molecule is O=S1(=O)c2cccc3cccc(c23)N1C[C@@H](O)COCc1ccco1. The smallest absolute Gasteiger partial charge is 0.265 e. The van der Waals surface area contributed by atoms with Gasteiger partial charge in [-0.15, -0.1) is 0 Å². The molecule has 3 aromatic rings. The lowest BCUT2D eigenvalue weighted by molar-refractivity contribution is 0.0269. The molecule has 1 atom stereocenters. The van der Waals surface area contributed by atoms with E-state index in [1.165, 1.54) is 4.31 Å². The van der Waals surface area contributed by atoms with Crippen LogP contribution >= 0.6 is 0 Å². The predicted molar refractivity (Wildman–Crippen MR) is 92.9 cm³/mol. The number of furan rings is 1. The first-order valence-electron chi connectivity index (χ1n) is 7.90. The third kappa shape index (κ3) is 2.80. The van der Waals surface area contributed by atoms with Crippen molar-refractivity contribution in [3.63, 3.8) is 0 Å². The minimum absolute atomic E-state index is 0.0129. The monoisotopic (exact) mass is 359 g/mol. The van der Waals surface area contributed by atoms with Crippen molar-refractivity contribution >= 4 is 26.5 Å². The lowest BCUT2D eigenvalue weighted by Crippen LogP contribution is -2.37. The first-order valence-corrected chi connectivity index (χ1v) is 9.34. The van der Waals surface area contributed by atoms with Crippen molar-refractivity contribution < 1.29 is 22.7 Å². The molecule has 0 aliphatic carbocycles. The molecule has 7 heteroatoms. The van der Waals surface area contributed by atoms with Gasteiger partial charge in [0.25, 0.3) is 10.0 Å². The van der Waals surface area contributed by atoms with Crippen LogP contribution in [0.1, 0.15) is 5.76 Å². The van der Waals surface area contributed by atoms with E-state index in [4.69, 9.17) is 9.15 Å². The fraction of sp³-hybridized carbons (Fsp3) is 0.222. The standard InChI is InChI=1S/C18H17NO5S/c20-14(11-23-12-15-6-3-9-24-15)10-19-16-7-1-4-13-5-2-8-17(18(13)16)25(19,21)22/h1-9,14,20H,10-12H2/t14-/m1/s1. The number of β-amino-alcohol motifs (C(OH)–C–C–N with tert-alkyl or cyclic N) is 1. The molecule has 2 aromatic carbocycles. The summed E-state index contributed by atoms with van der Waals surface area (Å²) >= 11 is 0. The Morgan fingerprint density at radius 3 is 2.68 bits per heavy atom. The van der Waals surface area contributed by atoms with Gasteiger partial charge in [0, 0.05) is 5.39 Å². The normalized spacial score (nSPS) is 16.4. The molecule has 0 unspecified atom stereocenters. The molecular weight excluding hydrogens is 342 g/mol. The van der Waals surface area contributed by atoms with Crippen LogP contribution in [0.15, 0.2) is 64.1 Å². The summed E-state index contributed by atoms with van der Waals surface area (Å²) in [5.41, 5.74) is 0.596. The van der Waals surface area contributed by atoms with E-state index in [0.717, 1.165) is 5.39 Å². The molecule has 0 saturated carbocycles. The van der Waals surface area contributed by atoms with Crippen LogP contribution in [0.3, 0.4) is 0 Å². The van der Waals surface area contributed by atoms with Gasteiger partial charge in [-0.2, -0.15) is 0 Å². The molecule has 1 aliphatic rings. The lowest BCUT2D eigenvalue weighted by Gasteiger charge is -2.22. The third-order valence-corrected chi connectivity index (χ3v) is 6.01. The average molecular weight is 359 g/mol. The molecule has 0 fully saturated rings. The maximum Gasteiger partial charge on any atom is 0.265 e. The number of hydrogen-bond acceptors (Lipinski definition) is 5. The van der Waals surface area contributed by atoms with E-state index in [0.29, 0.717) is 16.8 Å². The van der Waals surface area contributed by atoms with Gasteiger partial charge in [-0.1, -0.05) is 24.3 Å². The zero-order valence-corrected chi connectivity index (χ0v) is 14.1. The van der Waals surface area contributed by atoms with Crippen LogP contribution in [0.5, 0.6) is 0 Å². The molecule has 2 heterocycles. The summed E-state index contributed by atoms with van der Waals surface area (Å²) in [6, 6.07) is 14.2. The number of hydrogen-bond donors (Lipinski definition) is 1. The second-order valence-electron chi connectivity index (χ2n) is 5.92. The third-order valence-electron chi connectivity index (χ3n) is 4.19. The van der Waals surface area contributed by atoms with Gasteiger partial charge >= 0.3 is 0 Å². The van der Waals surface area contributed by atoms with Gasteiger partial charge in [-0.25, -0.2) is 8.42 Å². The van der Waals surface area contributed by atoms with Gasteiger partial charge in [0.15, 0.2) is 0 Å². The summed E-state index contributed by atoms with van der Waals surface area (Å²) in [5.74, 6) is 0.651. The Morgan fingerprint density at radius 1 is 1.12 bits per heavy atom. The predicted octanol–water partition coefficient (Wildman–Crippen LogP) is 2.52. The van der Waals surface area contributed by atoms with Gasteiger partial charge in [-0.3, -0.25) is 4.31 Å². The highest BCUT2D eigenvalue weighted by Crippen LogP contribution is 2.41. The molecule has 130 valence electrons. The number of benzene rings is 2. The molecule has 0 saturated heterocycles. The molecule has 0 bridgehead atoms. The zero-order chi connectivity index (χ0) is 17.4. The average Bonchev–Trinajstić information content (AvgIpc) is 3.18. The van der Waals surface area contributed by atoms with Gasteiger partial charge in [0.05, 0.1) is 36.1 Å². The highest BCUT2D eigenvalue weighted by atomic mass is 32.2. The van der Waals surface area contributed by atoms with Gasteiger partial charge in [0.2, 0.25) is 0 Å². The summed E-state index contributed by atoms with van der Waals surface area (Å²) in [5, 5.41) is 11.8. The highest BCUT2D eigenvalue weighted by Gasteiger charge is 2.36. The molecule has 25 heavy (non-hydrogen) atoms. The Kier molecular flexibility index (Phi) is 3.99. The van der Waals surface area contributed by atoms with E-state index in [-0.39, 0.29) is 24.7 Å². The Morgan fingerprint density at radius 2 is 1.92 bits per heavy atom. The van der Waals surface area contributed by atoms with Gasteiger partial charge in [-0.05, 0) is 29.7 Å². The summed E-state index contributed by atoms with van der Waals surface area (Å²) in [4.78, 5) is 0.282. The summed E-state index contributed by atoms with van der Waals surface area (Å²) < 4.78 is 37.4. The number of anilines is 1. The van der Waals surface area contributed by atoms with Crippen LogP contribution in [0.25, 0.3) is 10.8 Å². The van der Waals surface area contributed by atoms with Crippen molar-refractivity contribution in [2.45, 2.75) is 17.6 Å². The van der Waals surface area contributed by atoms with Crippen molar-refractivity contribution in [2.24, 2.45) is 0 Å². The van der Waals surface area contributed by atoms with Crippen molar-refractivity contribution in [3.8, 4) is 0 Å². The van der Waals surface area contributed by atoms with Gasteiger partial charge in [0.1, 0.15) is 12.4 Å². The summed E-state index contributed by atoms with van der Waals surface area (Å²) in [6.07, 6.45) is 0.596. The number of sulfonamides is 1. The molecule has 4 rings (SSSR count). The van der Waals surface area contributed by atoms with Crippen molar-refractivity contribution in [1.29, 1.82) is 0 Å².